The van der Waals surface area contributed by atoms with Gasteiger partial charge in [0, 0.05) is 12.6 Å². The number of anilines is 1. The molecule has 3 nitrogen and oxygen atoms in total. The standard InChI is InChI=1S/C11H18N2O/c1-4-9(2)7-12-10-5-6-11(14-3)13-8-10/h5-6,8-9,12H,4,7H2,1-3H3. The number of rotatable bonds is 5. The molecule has 0 radical (unpaired) electrons. The molecule has 1 aromatic rings. The van der Waals surface area contributed by atoms with Gasteiger partial charge in [-0.15, -0.1) is 0 Å². The molecule has 1 aromatic heterocycles. The summed E-state index contributed by atoms with van der Waals surface area (Å²) in [6, 6.07) is 3.84. The van der Waals surface area contributed by atoms with Gasteiger partial charge in [0.05, 0.1) is 19.0 Å². The first-order valence-corrected chi connectivity index (χ1v) is 5.00. The van der Waals surface area contributed by atoms with Crippen LogP contribution in [0, 0.1) is 5.92 Å². The van der Waals surface area contributed by atoms with Crippen LogP contribution in [-0.4, -0.2) is 18.6 Å². The lowest BCUT2D eigenvalue weighted by Gasteiger charge is -2.10. The van der Waals surface area contributed by atoms with Crippen molar-refractivity contribution < 1.29 is 4.74 Å². The predicted molar refractivity (Wildman–Crippen MR) is 58.7 cm³/mol. The van der Waals surface area contributed by atoms with Gasteiger partial charge in [-0.25, -0.2) is 4.98 Å². The number of aromatic nitrogens is 1. The van der Waals surface area contributed by atoms with Crippen molar-refractivity contribution in [2.24, 2.45) is 5.92 Å². The van der Waals surface area contributed by atoms with Gasteiger partial charge in [0.25, 0.3) is 0 Å². The minimum atomic E-state index is 0.652. The van der Waals surface area contributed by atoms with Crippen molar-refractivity contribution in [3.63, 3.8) is 0 Å². The molecule has 1 unspecified atom stereocenters. The minimum absolute atomic E-state index is 0.652. The second-order valence-electron chi connectivity index (χ2n) is 3.48. The van der Waals surface area contributed by atoms with Crippen LogP contribution in [0.5, 0.6) is 5.88 Å². The van der Waals surface area contributed by atoms with E-state index in [4.69, 9.17) is 4.74 Å². The van der Waals surface area contributed by atoms with E-state index in [0.29, 0.717) is 11.8 Å². The van der Waals surface area contributed by atoms with Crippen molar-refractivity contribution in [2.75, 3.05) is 19.0 Å². The molecule has 0 fully saturated rings. The zero-order valence-corrected chi connectivity index (χ0v) is 9.08. The first-order chi connectivity index (χ1) is 6.76. The molecule has 0 amide bonds. The quantitative estimate of drug-likeness (QED) is 0.782. The molecule has 0 bridgehead atoms. The Balaban J connectivity index is 2.43. The zero-order chi connectivity index (χ0) is 10.4. The van der Waals surface area contributed by atoms with E-state index in [9.17, 15) is 0 Å². The summed E-state index contributed by atoms with van der Waals surface area (Å²) in [6.07, 6.45) is 2.98. The molecule has 0 aliphatic rings. The lowest BCUT2D eigenvalue weighted by molar-refractivity contribution is 0.398. The van der Waals surface area contributed by atoms with Crippen LogP contribution >= 0.6 is 0 Å². The molecule has 0 aliphatic heterocycles. The van der Waals surface area contributed by atoms with Crippen LogP contribution < -0.4 is 10.1 Å². The third-order valence-electron chi connectivity index (χ3n) is 2.30. The van der Waals surface area contributed by atoms with E-state index in [0.717, 1.165) is 12.2 Å². The maximum absolute atomic E-state index is 4.98. The molecule has 1 heterocycles. The molecule has 0 aromatic carbocycles. The van der Waals surface area contributed by atoms with E-state index in [1.807, 2.05) is 12.1 Å². The smallest absolute Gasteiger partial charge is 0.213 e. The van der Waals surface area contributed by atoms with Gasteiger partial charge in [-0.2, -0.15) is 0 Å². The second-order valence-corrected chi connectivity index (χ2v) is 3.48. The number of hydrogen-bond acceptors (Lipinski definition) is 3. The third-order valence-corrected chi connectivity index (χ3v) is 2.30. The van der Waals surface area contributed by atoms with Crippen molar-refractivity contribution in [1.29, 1.82) is 0 Å². The Morgan fingerprint density at radius 3 is 2.79 bits per heavy atom. The molecule has 78 valence electrons. The molecule has 0 aliphatic carbocycles. The highest BCUT2D eigenvalue weighted by atomic mass is 16.5. The van der Waals surface area contributed by atoms with Gasteiger partial charge in [-0.1, -0.05) is 20.3 Å². The molecular formula is C11H18N2O. The average Bonchev–Trinajstić information content (AvgIpc) is 2.26. The number of nitrogens with one attached hydrogen (secondary N) is 1. The molecular weight excluding hydrogens is 176 g/mol. The summed E-state index contributed by atoms with van der Waals surface area (Å²) >= 11 is 0. The van der Waals surface area contributed by atoms with Gasteiger partial charge >= 0.3 is 0 Å². The molecule has 0 saturated heterocycles. The Labute approximate surface area is 85.5 Å². The Morgan fingerprint density at radius 1 is 1.50 bits per heavy atom. The van der Waals surface area contributed by atoms with E-state index < -0.39 is 0 Å². The lowest BCUT2D eigenvalue weighted by atomic mass is 10.1. The van der Waals surface area contributed by atoms with Crippen LogP contribution in [0.3, 0.4) is 0 Å². The van der Waals surface area contributed by atoms with Gasteiger partial charge in [0.1, 0.15) is 0 Å². The molecule has 1 N–H and O–H groups in total. The van der Waals surface area contributed by atoms with E-state index in [-0.39, 0.29) is 0 Å². The first-order valence-electron chi connectivity index (χ1n) is 5.00. The number of methoxy groups -OCH3 is 1. The molecule has 14 heavy (non-hydrogen) atoms. The highest BCUT2D eigenvalue weighted by molar-refractivity contribution is 5.41. The Hall–Kier alpha value is -1.25. The van der Waals surface area contributed by atoms with Crippen molar-refractivity contribution >= 4 is 5.69 Å². The van der Waals surface area contributed by atoms with Crippen LogP contribution in [0.2, 0.25) is 0 Å². The molecule has 1 atom stereocenters. The molecule has 0 spiro atoms. The van der Waals surface area contributed by atoms with Gasteiger partial charge < -0.3 is 10.1 Å². The summed E-state index contributed by atoms with van der Waals surface area (Å²) in [5.74, 6) is 1.34. The maximum Gasteiger partial charge on any atom is 0.213 e. The van der Waals surface area contributed by atoms with Crippen molar-refractivity contribution in [3.05, 3.63) is 18.3 Å². The van der Waals surface area contributed by atoms with E-state index in [2.05, 4.69) is 24.1 Å². The van der Waals surface area contributed by atoms with Crippen LogP contribution in [-0.2, 0) is 0 Å². The molecule has 3 heteroatoms. The van der Waals surface area contributed by atoms with Crippen molar-refractivity contribution in [1.82, 2.24) is 4.98 Å². The van der Waals surface area contributed by atoms with Crippen LogP contribution in [0.1, 0.15) is 20.3 Å². The van der Waals surface area contributed by atoms with Crippen LogP contribution in [0.4, 0.5) is 5.69 Å². The van der Waals surface area contributed by atoms with Crippen LogP contribution in [0.25, 0.3) is 0 Å². The van der Waals surface area contributed by atoms with E-state index in [1.54, 1.807) is 13.3 Å². The topological polar surface area (TPSA) is 34.1 Å². The van der Waals surface area contributed by atoms with Crippen LogP contribution in [0.15, 0.2) is 18.3 Å². The summed E-state index contributed by atoms with van der Waals surface area (Å²) < 4.78 is 4.98. The Bertz CT molecular complexity index is 258. The van der Waals surface area contributed by atoms with E-state index in [1.165, 1.54) is 6.42 Å². The summed E-state index contributed by atoms with van der Waals surface area (Å²) in [5.41, 5.74) is 1.05. The average molecular weight is 194 g/mol. The first kappa shape index (κ1) is 10.8. The SMILES string of the molecule is CCC(C)CNc1ccc(OC)nc1. The third kappa shape index (κ3) is 3.24. The van der Waals surface area contributed by atoms with Crippen molar-refractivity contribution in [2.45, 2.75) is 20.3 Å². The van der Waals surface area contributed by atoms with Gasteiger partial charge in [0.2, 0.25) is 5.88 Å². The minimum Gasteiger partial charge on any atom is -0.481 e. The second kappa shape index (κ2) is 5.47. The van der Waals surface area contributed by atoms with Gasteiger partial charge in [-0.05, 0) is 12.0 Å². The fourth-order valence-electron chi connectivity index (χ4n) is 1.04. The Kier molecular flexibility index (Phi) is 4.23. The maximum atomic E-state index is 4.98. The summed E-state index contributed by atoms with van der Waals surface area (Å²) in [7, 11) is 1.62. The highest BCUT2D eigenvalue weighted by Gasteiger charge is 1.99. The number of ether oxygens (including phenoxy) is 1. The number of hydrogen-bond donors (Lipinski definition) is 1. The fourth-order valence-corrected chi connectivity index (χ4v) is 1.04. The number of nitrogens with zero attached hydrogens (tertiary/aromatic N) is 1. The Morgan fingerprint density at radius 2 is 2.29 bits per heavy atom. The predicted octanol–water partition coefficient (Wildman–Crippen LogP) is 2.55. The number of pyridine rings is 1. The monoisotopic (exact) mass is 194 g/mol. The molecule has 0 saturated carbocycles. The highest BCUT2D eigenvalue weighted by Crippen LogP contribution is 2.11. The largest absolute Gasteiger partial charge is 0.481 e. The van der Waals surface area contributed by atoms with Gasteiger partial charge in [0.15, 0.2) is 0 Å². The summed E-state index contributed by atoms with van der Waals surface area (Å²) in [5, 5.41) is 3.33. The van der Waals surface area contributed by atoms with Crippen molar-refractivity contribution in [3.8, 4) is 5.88 Å². The molecule has 1 rings (SSSR count). The zero-order valence-electron chi connectivity index (χ0n) is 9.08. The fraction of sp³-hybridized carbons (Fsp3) is 0.545. The van der Waals surface area contributed by atoms with Gasteiger partial charge in [-0.3, -0.25) is 0 Å². The summed E-state index contributed by atoms with van der Waals surface area (Å²) in [6.45, 7) is 5.41. The normalized spacial score (nSPS) is 12.2. The van der Waals surface area contributed by atoms with E-state index >= 15 is 0 Å². The summed E-state index contributed by atoms with van der Waals surface area (Å²) in [4.78, 5) is 4.12. The lowest BCUT2D eigenvalue weighted by Crippen LogP contribution is -2.10.